The van der Waals surface area contributed by atoms with Crippen LogP contribution >= 0.6 is 0 Å². The molecule has 3 aromatic carbocycles. The number of hydrogen-bond donors (Lipinski definition) is 3. The number of hydrogen-bond acceptors (Lipinski definition) is 5. The van der Waals surface area contributed by atoms with E-state index in [0.29, 0.717) is 47.3 Å². The van der Waals surface area contributed by atoms with Gasteiger partial charge < -0.3 is 25.2 Å². The minimum atomic E-state index is -0.980. The van der Waals surface area contributed by atoms with E-state index in [9.17, 15) is 14.7 Å². The van der Waals surface area contributed by atoms with Crippen LogP contribution in [0.15, 0.2) is 60.7 Å². The number of likely N-dealkylation sites (tertiary alicyclic amines) is 1. The molecule has 38 heavy (non-hydrogen) atoms. The fraction of sp³-hybridized carbons (Fsp3) is 0.333. The summed E-state index contributed by atoms with van der Waals surface area (Å²) in [6.45, 7) is 4.72. The topological polar surface area (TPSA) is 100 Å². The van der Waals surface area contributed by atoms with Crippen LogP contribution in [0.25, 0.3) is 0 Å². The van der Waals surface area contributed by atoms with Gasteiger partial charge in [-0.2, -0.15) is 0 Å². The predicted molar refractivity (Wildman–Crippen MR) is 146 cm³/mol. The number of aromatic carboxylic acids is 1. The number of piperidine rings is 1. The summed E-state index contributed by atoms with van der Waals surface area (Å²) in [5.41, 5.74) is 4.45. The van der Waals surface area contributed by atoms with E-state index in [2.05, 4.69) is 45.9 Å². The smallest absolute Gasteiger partial charge is 0.335 e. The van der Waals surface area contributed by atoms with Crippen LogP contribution in [0, 0.1) is 5.92 Å². The van der Waals surface area contributed by atoms with E-state index >= 15 is 0 Å². The number of amides is 2. The lowest BCUT2D eigenvalue weighted by molar-refractivity contribution is 0.0695. The van der Waals surface area contributed by atoms with Gasteiger partial charge in [0.2, 0.25) is 6.79 Å². The van der Waals surface area contributed by atoms with Gasteiger partial charge in [0.1, 0.15) is 0 Å². The Hall–Kier alpha value is -4.04. The lowest BCUT2D eigenvalue weighted by Gasteiger charge is -2.32. The molecular formula is C30H33N3O5. The summed E-state index contributed by atoms with van der Waals surface area (Å²) in [7, 11) is 0. The molecule has 0 aliphatic carbocycles. The third-order valence-electron chi connectivity index (χ3n) is 7.29. The Morgan fingerprint density at radius 2 is 1.68 bits per heavy atom. The van der Waals surface area contributed by atoms with Crippen molar-refractivity contribution in [1.82, 2.24) is 4.90 Å². The molecule has 198 valence electrons. The highest BCUT2D eigenvalue weighted by atomic mass is 16.7. The van der Waals surface area contributed by atoms with Gasteiger partial charge in [0, 0.05) is 18.3 Å². The zero-order valence-electron chi connectivity index (χ0n) is 21.5. The molecular weight excluding hydrogens is 482 g/mol. The van der Waals surface area contributed by atoms with Crippen LogP contribution < -0.4 is 20.1 Å². The molecule has 2 heterocycles. The zero-order valence-corrected chi connectivity index (χ0v) is 21.5. The van der Waals surface area contributed by atoms with Crippen LogP contribution in [0.4, 0.5) is 16.2 Å². The van der Waals surface area contributed by atoms with Crippen LogP contribution in [-0.4, -0.2) is 41.9 Å². The van der Waals surface area contributed by atoms with E-state index in [4.69, 9.17) is 9.47 Å². The Morgan fingerprint density at radius 1 is 0.947 bits per heavy atom. The number of nitrogens with one attached hydrogen (secondary N) is 2. The van der Waals surface area contributed by atoms with Crippen molar-refractivity contribution in [3.63, 3.8) is 0 Å². The van der Waals surface area contributed by atoms with Gasteiger partial charge in [-0.15, -0.1) is 0 Å². The molecule has 2 amide bonds. The number of carboxylic acid groups (broad SMARTS) is 1. The Bertz CT molecular complexity index is 1300. The first kappa shape index (κ1) is 25.6. The molecule has 0 atom stereocenters. The number of carboxylic acids is 1. The number of benzene rings is 3. The quantitative estimate of drug-likeness (QED) is 0.352. The molecule has 2 aliphatic rings. The van der Waals surface area contributed by atoms with Crippen LogP contribution in [-0.2, 0) is 19.4 Å². The Labute approximate surface area is 222 Å². The number of anilines is 2. The molecule has 0 unspecified atom stereocenters. The number of carbonyl (C=O) groups is 2. The molecule has 1 fully saturated rings. The van der Waals surface area contributed by atoms with Crippen LogP contribution in [0.1, 0.15) is 46.8 Å². The highest BCUT2D eigenvalue weighted by Gasteiger charge is 2.23. The maximum absolute atomic E-state index is 12.9. The van der Waals surface area contributed by atoms with E-state index in [1.54, 1.807) is 12.1 Å². The highest BCUT2D eigenvalue weighted by molar-refractivity contribution is 6.01. The van der Waals surface area contributed by atoms with E-state index in [0.717, 1.165) is 37.9 Å². The average molecular weight is 516 g/mol. The Kier molecular flexibility index (Phi) is 7.79. The van der Waals surface area contributed by atoms with Crippen molar-refractivity contribution in [2.24, 2.45) is 5.92 Å². The molecule has 0 radical (unpaired) electrons. The third-order valence-corrected chi connectivity index (χ3v) is 7.29. The lowest BCUT2D eigenvalue weighted by atomic mass is 9.90. The van der Waals surface area contributed by atoms with Crippen molar-refractivity contribution >= 4 is 23.4 Å². The molecule has 0 bridgehead atoms. The first-order chi connectivity index (χ1) is 18.5. The van der Waals surface area contributed by atoms with Gasteiger partial charge in [0.15, 0.2) is 11.5 Å². The summed E-state index contributed by atoms with van der Waals surface area (Å²) in [5, 5.41) is 15.2. The molecule has 3 N–H and O–H groups in total. The second-order valence-corrected chi connectivity index (χ2v) is 9.88. The number of carbonyl (C=O) groups excluding carboxylic acids is 1. The summed E-state index contributed by atoms with van der Waals surface area (Å²) in [6.07, 6.45) is 3.93. The van der Waals surface area contributed by atoms with Crippen LogP contribution in [0.3, 0.4) is 0 Å². The van der Waals surface area contributed by atoms with Crippen LogP contribution in [0.2, 0.25) is 0 Å². The fourth-order valence-electron chi connectivity index (χ4n) is 5.23. The van der Waals surface area contributed by atoms with Crippen molar-refractivity contribution < 1.29 is 24.2 Å². The molecule has 8 heteroatoms. The molecule has 0 saturated carbocycles. The zero-order chi connectivity index (χ0) is 26.5. The monoisotopic (exact) mass is 515 g/mol. The standard InChI is InChI=1S/C30H33N3O5/c1-2-22-15-24(8-9-25(22)29(34)35)31-30(36)32-26-17-28-27(37-19-38-28)16-23(26)18-33-12-10-21(11-13-33)14-20-6-4-3-5-7-20/h3-9,15-17,21H,2,10-14,18-19H2,1H3,(H,34,35)(H2,31,32,36). The maximum Gasteiger partial charge on any atom is 0.335 e. The molecule has 8 nitrogen and oxygen atoms in total. The summed E-state index contributed by atoms with van der Waals surface area (Å²) < 4.78 is 11.2. The summed E-state index contributed by atoms with van der Waals surface area (Å²) in [4.78, 5) is 26.8. The fourth-order valence-corrected chi connectivity index (χ4v) is 5.23. The highest BCUT2D eigenvalue weighted by Crippen LogP contribution is 2.38. The molecule has 1 saturated heterocycles. The number of rotatable bonds is 8. The van der Waals surface area contributed by atoms with Crippen molar-refractivity contribution in [3.8, 4) is 11.5 Å². The molecule has 0 spiro atoms. The van der Waals surface area contributed by atoms with Gasteiger partial charge in [-0.3, -0.25) is 4.90 Å². The lowest BCUT2D eigenvalue weighted by Crippen LogP contribution is -2.34. The van der Waals surface area contributed by atoms with E-state index in [-0.39, 0.29) is 12.4 Å². The summed E-state index contributed by atoms with van der Waals surface area (Å²) >= 11 is 0. The van der Waals surface area contributed by atoms with Crippen molar-refractivity contribution in [2.75, 3.05) is 30.5 Å². The minimum absolute atomic E-state index is 0.158. The number of fused-ring (bicyclic) bond motifs is 1. The first-order valence-electron chi connectivity index (χ1n) is 13.1. The van der Waals surface area contributed by atoms with Crippen molar-refractivity contribution in [1.29, 1.82) is 0 Å². The minimum Gasteiger partial charge on any atom is -0.478 e. The second kappa shape index (κ2) is 11.6. The van der Waals surface area contributed by atoms with Gasteiger partial charge in [-0.1, -0.05) is 37.3 Å². The molecule has 5 rings (SSSR count). The number of ether oxygens (including phenoxy) is 2. The van der Waals surface area contributed by atoms with Crippen molar-refractivity contribution in [3.05, 3.63) is 82.9 Å². The van der Waals surface area contributed by atoms with Gasteiger partial charge in [-0.05, 0) is 85.6 Å². The van der Waals surface area contributed by atoms with Gasteiger partial charge >= 0.3 is 12.0 Å². The Balaban J connectivity index is 1.25. The average Bonchev–Trinajstić information content (AvgIpc) is 3.37. The number of urea groups is 1. The predicted octanol–water partition coefficient (Wildman–Crippen LogP) is 5.77. The summed E-state index contributed by atoms with van der Waals surface area (Å²) in [6, 6.07) is 18.8. The van der Waals surface area contributed by atoms with Gasteiger partial charge in [-0.25, -0.2) is 9.59 Å². The van der Waals surface area contributed by atoms with Gasteiger partial charge in [0.05, 0.1) is 11.3 Å². The Morgan fingerprint density at radius 3 is 2.39 bits per heavy atom. The second-order valence-electron chi connectivity index (χ2n) is 9.88. The first-order valence-corrected chi connectivity index (χ1v) is 13.1. The van der Waals surface area contributed by atoms with E-state index < -0.39 is 12.0 Å². The number of nitrogens with zero attached hydrogens (tertiary/aromatic N) is 1. The maximum atomic E-state index is 12.9. The van der Waals surface area contributed by atoms with Gasteiger partial charge in [0.25, 0.3) is 0 Å². The van der Waals surface area contributed by atoms with E-state index in [1.165, 1.54) is 11.6 Å². The number of aryl methyl sites for hydroxylation is 1. The van der Waals surface area contributed by atoms with Crippen molar-refractivity contribution in [2.45, 2.75) is 39.2 Å². The summed E-state index contributed by atoms with van der Waals surface area (Å²) in [5.74, 6) is 0.979. The molecule has 2 aliphatic heterocycles. The third kappa shape index (κ3) is 6.08. The van der Waals surface area contributed by atoms with Crippen LogP contribution in [0.5, 0.6) is 11.5 Å². The molecule has 3 aromatic rings. The normalized spacial score (nSPS) is 15.3. The molecule has 0 aromatic heterocycles. The largest absolute Gasteiger partial charge is 0.478 e. The SMILES string of the molecule is CCc1cc(NC(=O)Nc2cc3c(cc2CN2CCC(Cc4ccccc4)CC2)OCO3)ccc1C(=O)O. The van der Waals surface area contributed by atoms with E-state index in [1.807, 2.05) is 19.1 Å².